The maximum Gasteiger partial charge on any atom is 0.335 e. The number of carbonyl (C=O) groups is 1. The standard InChI is InChI=1S/C8H14N3O2/c1-2-8(13)11(7-12)10-5-3-9-4-6-10/h9H,2-6H2,1H3. The summed E-state index contributed by atoms with van der Waals surface area (Å²) >= 11 is 0. The Morgan fingerprint density at radius 1 is 1.54 bits per heavy atom. The lowest BCUT2D eigenvalue weighted by Gasteiger charge is -2.32. The molecule has 13 heavy (non-hydrogen) atoms. The van der Waals surface area contributed by atoms with E-state index in [1.54, 1.807) is 18.3 Å². The highest BCUT2D eigenvalue weighted by Crippen LogP contribution is 2.00. The van der Waals surface area contributed by atoms with Crippen molar-refractivity contribution in [3.05, 3.63) is 0 Å². The quantitative estimate of drug-likeness (QED) is 0.578. The zero-order valence-corrected chi connectivity index (χ0v) is 7.75. The van der Waals surface area contributed by atoms with Gasteiger partial charge in [-0.1, -0.05) is 6.92 Å². The van der Waals surface area contributed by atoms with E-state index in [-0.39, 0.29) is 5.91 Å². The summed E-state index contributed by atoms with van der Waals surface area (Å²) in [7, 11) is 0. The maximum atomic E-state index is 11.2. The van der Waals surface area contributed by atoms with Crippen molar-refractivity contribution in [3.63, 3.8) is 0 Å². The van der Waals surface area contributed by atoms with Crippen LogP contribution in [0.2, 0.25) is 0 Å². The first-order valence-electron chi connectivity index (χ1n) is 4.46. The third kappa shape index (κ3) is 2.50. The van der Waals surface area contributed by atoms with Crippen LogP contribution in [-0.2, 0) is 9.59 Å². The number of hydrogen-bond acceptors (Lipinski definition) is 4. The number of nitrogens with zero attached hydrogens (tertiary/aromatic N) is 2. The molecule has 0 aromatic rings. The van der Waals surface area contributed by atoms with Crippen LogP contribution in [0.1, 0.15) is 13.3 Å². The summed E-state index contributed by atoms with van der Waals surface area (Å²) in [4.78, 5) is 21.8. The van der Waals surface area contributed by atoms with Crippen LogP contribution >= 0.6 is 0 Å². The number of piperazine rings is 1. The van der Waals surface area contributed by atoms with Crippen molar-refractivity contribution in [2.24, 2.45) is 0 Å². The van der Waals surface area contributed by atoms with Crippen LogP contribution < -0.4 is 5.32 Å². The topological polar surface area (TPSA) is 52.7 Å². The lowest BCUT2D eigenvalue weighted by molar-refractivity contribution is -0.139. The minimum absolute atomic E-state index is 0.197. The van der Waals surface area contributed by atoms with E-state index in [1.165, 1.54) is 0 Å². The highest BCUT2D eigenvalue weighted by atomic mass is 16.2. The van der Waals surface area contributed by atoms with Crippen LogP contribution in [0.3, 0.4) is 0 Å². The van der Waals surface area contributed by atoms with Crippen LogP contribution in [0, 0.1) is 0 Å². The Morgan fingerprint density at radius 2 is 2.15 bits per heavy atom. The average molecular weight is 184 g/mol. The Bertz CT molecular complexity index is 190. The van der Waals surface area contributed by atoms with Crippen LogP contribution in [0.15, 0.2) is 0 Å². The van der Waals surface area contributed by atoms with E-state index in [0.717, 1.165) is 18.1 Å². The first kappa shape index (κ1) is 10.1. The normalized spacial score (nSPS) is 18.2. The summed E-state index contributed by atoms with van der Waals surface area (Å²) in [6.07, 6.45) is 1.99. The predicted octanol–water partition coefficient (Wildman–Crippen LogP) is -0.888. The second-order valence-corrected chi connectivity index (χ2v) is 2.85. The molecular weight excluding hydrogens is 170 g/mol. The largest absolute Gasteiger partial charge is 0.335 e. The number of imide groups is 1. The molecule has 1 rings (SSSR count). The molecule has 1 fully saturated rings. The number of rotatable bonds is 3. The second kappa shape index (κ2) is 4.94. The zero-order chi connectivity index (χ0) is 9.68. The Morgan fingerprint density at radius 3 is 2.62 bits per heavy atom. The number of nitrogens with one attached hydrogen (secondary N) is 1. The maximum absolute atomic E-state index is 11.2. The van der Waals surface area contributed by atoms with Crippen molar-refractivity contribution in [3.8, 4) is 0 Å². The van der Waals surface area contributed by atoms with Gasteiger partial charge in [-0.15, -0.1) is 0 Å². The van der Waals surface area contributed by atoms with Crippen molar-refractivity contribution in [2.75, 3.05) is 26.2 Å². The number of carbonyl (C=O) groups excluding carboxylic acids is 2. The fourth-order valence-electron chi connectivity index (χ4n) is 1.27. The van der Waals surface area contributed by atoms with E-state index in [2.05, 4.69) is 5.32 Å². The molecule has 5 heteroatoms. The fourth-order valence-corrected chi connectivity index (χ4v) is 1.27. The average Bonchev–Trinajstić information content (AvgIpc) is 2.20. The van der Waals surface area contributed by atoms with Gasteiger partial charge in [0.25, 0.3) is 0 Å². The molecule has 1 radical (unpaired) electrons. The van der Waals surface area contributed by atoms with Gasteiger partial charge in [-0.05, 0) is 0 Å². The van der Waals surface area contributed by atoms with Gasteiger partial charge in [0.1, 0.15) is 0 Å². The van der Waals surface area contributed by atoms with Gasteiger partial charge in [-0.3, -0.25) is 9.59 Å². The first-order chi connectivity index (χ1) is 6.29. The monoisotopic (exact) mass is 184 g/mol. The minimum Gasteiger partial charge on any atom is -0.314 e. The molecule has 0 aliphatic carbocycles. The van der Waals surface area contributed by atoms with E-state index in [1.807, 2.05) is 0 Å². The van der Waals surface area contributed by atoms with Crippen LogP contribution in [0.25, 0.3) is 0 Å². The molecule has 2 amide bonds. The first-order valence-corrected chi connectivity index (χ1v) is 4.46. The van der Waals surface area contributed by atoms with E-state index in [4.69, 9.17) is 0 Å². The second-order valence-electron chi connectivity index (χ2n) is 2.85. The molecule has 0 bridgehead atoms. The van der Waals surface area contributed by atoms with Crippen molar-refractivity contribution in [1.82, 2.24) is 15.3 Å². The molecule has 1 aliphatic rings. The smallest absolute Gasteiger partial charge is 0.314 e. The molecule has 1 aliphatic heterocycles. The van der Waals surface area contributed by atoms with Gasteiger partial charge in [0.05, 0.1) is 0 Å². The Hall–Kier alpha value is -0.940. The molecule has 0 aromatic carbocycles. The van der Waals surface area contributed by atoms with Crippen LogP contribution in [0.5, 0.6) is 0 Å². The molecule has 0 unspecified atom stereocenters. The Balaban J connectivity index is 2.53. The molecule has 73 valence electrons. The van der Waals surface area contributed by atoms with Crippen molar-refractivity contribution in [2.45, 2.75) is 13.3 Å². The fraction of sp³-hybridized carbons (Fsp3) is 0.750. The van der Waals surface area contributed by atoms with E-state index >= 15 is 0 Å². The third-order valence-corrected chi connectivity index (χ3v) is 2.00. The number of amides is 2. The summed E-state index contributed by atoms with van der Waals surface area (Å²) in [5.74, 6) is -0.197. The van der Waals surface area contributed by atoms with Crippen LogP contribution in [-0.4, -0.2) is 48.5 Å². The Labute approximate surface area is 77.7 Å². The van der Waals surface area contributed by atoms with Gasteiger partial charge in [-0.25, -0.2) is 10.0 Å². The number of hydrogen-bond donors (Lipinski definition) is 1. The summed E-state index contributed by atoms with van der Waals surface area (Å²) in [5.41, 5.74) is 0. The molecule has 0 saturated carbocycles. The van der Waals surface area contributed by atoms with Crippen molar-refractivity contribution >= 4 is 12.3 Å². The molecule has 1 saturated heterocycles. The van der Waals surface area contributed by atoms with Gasteiger partial charge in [0, 0.05) is 32.6 Å². The van der Waals surface area contributed by atoms with E-state index in [0.29, 0.717) is 19.5 Å². The number of hydrazine groups is 1. The van der Waals surface area contributed by atoms with Gasteiger partial charge < -0.3 is 5.32 Å². The van der Waals surface area contributed by atoms with Crippen molar-refractivity contribution in [1.29, 1.82) is 0 Å². The van der Waals surface area contributed by atoms with Gasteiger partial charge in [0.15, 0.2) is 0 Å². The molecule has 1 N–H and O–H groups in total. The lowest BCUT2D eigenvalue weighted by Crippen LogP contribution is -2.53. The predicted molar refractivity (Wildman–Crippen MR) is 47.3 cm³/mol. The molecule has 0 aromatic heterocycles. The summed E-state index contributed by atoms with van der Waals surface area (Å²) < 4.78 is 0. The molecule has 1 heterocycles. The SMILES string of the molecule is CCC(=O)N([C]=O)N1CCNCC1. The zero-order valence-electron chi connectivity index (χ0n) is 7.75. The van der Waals surface area contributed by atoms with Gasteiger partial charge >= 0.3 is 6.41 Å². The third-order valence-electron chi connectivity index (χ3n) is 2.00. The molecule has 0 spiro atoms. The Kier molecular flexibility index (Phi) is 3.85. The summed E-state index contributed by atoms with van der Waals surface area (Å²) in [6.45, 7) is 4.70. The van der Waals surface area contributed by atoms with Crippen LogP contribution in [0.4, 0.5) is 0 Å². The molecular formula is C8H14N3O2. The van der Waals surface area contributed by atoms with E-state index in [9.17, 15) is 9.59 Å². The van der Waals surface area contributed by atoms with Crippen molar-refractivity contribution < 1.29 is 9.59 Å². The van der Waals surface area contributed by atoms with Gasteiger partial charge in [-0.2, -0.15) is 0 Å². The summed E-state index contributed by atoms with van der Waals surface area (Å²) in [5, 5.41) is 5.92. The molecule has 5 nitrogen and oxygen atoms in total. The minimum atomic E-state index is -0.197. The summed E-state index contributed by atoms with van der Waals surface area (Å²) in [6, 6.07) is 0. The lowest BCUT2D eigenvalue weighted by atomic mass is 10.4. The molecule has 0 atom stereocenters. The highest BCUT2D eigenvalue weighted by molar-refractivity contribution is 5.85. The van der Waals surface area contributed by atoms with Gasteiger partial charge in [0.2, 0.25) is 5.91 Å². The van der Waals surface area contributed by atoms with E-state index < -0.39 is 0 Å². The highest BCUT2D eigenvalue weighted by Gasteiger charge is 2.21.